The van der Waals surface area contributed by atoms with Crippen LogP contribution in [0.5, 0.6) is 0 Å². The summed E-state index contributed by atoms with van der Waals surface area (Å²) in [5, 5.41) is 12.8. The van der Waals surface area contributed by atoms with E-state index in [0.29, 0.717) is 17.1 Å². The van der Waals surface area contributed by atoms with Crippen LogP contribution in [-0.4, -0.2) is 18.5 Å². The maximum Gasteiger partial charge on any atom is 0.331 e. The zero-order valence-corrected chi connectivity index (χ0v) is 16.2. The summed E-state index contributed by atoms with van der Waals surface area (Å²) >= 11 is 7.79. The summed E-state index contributed by atoms with van der Waals surface area (Å²) in [4.78, 5) is 24.5. The van der Waals surface area contributed by atoms with Crippen molar-refractivity contribution in [3.63, 3.8) is 0 Å². The third-order valence-corrected chi connectivity index (χ3v) is 5.45. The molecule has 0 atom stereocenters. The molecule has 0 fully saturated rings. The summed E-state index contributed by atoms with van der Waals surface area (Å²) in [7, 11) is 0. The number of carbonyl (C=O) groups is 2. The maximum absolute atomic E-state index is 11.9. The molecular weight excluding hydrogens is 396 g/mol. The van der Waals surface area contributed by atoms with Crippen LogP contribution < -0.4 is 5.32 Å². The van der Waals surface area contributed by atoms with Gasteiger partial charge in [-0.05, 0) is 29.8 Å². The number of carbonyl (C=O) groups excluding carboxylic acids is 2. The fourth-order valence-electron chi connectivity index (χ4n) is 2.46. The van der Waals surface area contributed by atoms with Gasteiger partial charge in [0.1, 0.15) is 0 Å². The minimum atomic E-state index is -0.631. The molecular formula is C21H15ClN2O3S. The second-order valence-electron chi connectivity index (χ2n) is 5.80. The number of thiophene rings is 1. The van der Waals surface area contributed by atoms with Crippen molar-refractivity contribution in [2.75, 3.05) is 11.9 Å². The lowest BCUT2D eigenvalue weighted by Crippen LogP contribution is -2.20. The minimum absolute atomic E-state index is 0.308. The van der Waals surface area contributed by atoms with Crippen LogP contribution in [0.2, 0.25) is 5.02 Å². The molecule has 0 aliphatic heterocycles. The number of hydrogen-bond acceptors (Lipinski definition) is 5. The van der Waals surface area contributed by atoms with Gasteiger partial charge in [0.15, 0.2) is 6.61 Å². The van der Waals surface area contributed by atoms with Crippen molar-refractivity contribution in [3.8, 4) is 6.07 Å². The van der Waals surface area contributed by atoms with Gasteiger partial charge in [-0.1, -0.05) is 41.9 Å². The van der Waals surface area contributed by atoms with Gasteiger partial charge in [0.25, 0.3) is 5.91 Å². The first-order chi connectivity index (χ1) is 13.6. The van der Waals surface area contributed by atoms with Crippen LogP contribution in [0.25, 0.3) is 16.2 Å². The van der Waals surface area contributed by atoms with Gasteiger partial charge >= 0.3 is 5.97 Å². The summed E-state index contributed by atoms with van der Waals surface area (Å²) in [6.45, 7) is -0.400. The van der Waals surface area contributed by atoms with E-state index in [1.54, 1.807) is 30.3 Å². The first-order valence-electron chi connectivity index (χ1n) is 8.34. The van der Waals surface area contributed by atoms with Gasteiger partial charge in [-0.3, -0.25) is 4.79 Å². The molecule has 0 aliphatic rings. The summed E-state index contributed by atoms with van der Waals surface area (Å²) < 4.78 is 5.98. The summed E-state index contributed by atoms with van der Waals surface area (Å²) in [5.41, 5.74) is 1.42. The zero-order chi connectivity index (χ0) is 19.9. The van der Waals surface area contributed by atoms with E-state index in [1.165, 1.54) is 17.4 Å². The van der Waals surface area contributed by atoms with Gasteiger partial charge in [-0.2, -0.15) is 5.26 Å². The number of halogens is 1. The number of hydrogen-bond donors (Lipinski definition) is 1. The molecule has 3 rings (SSSR count). The molecule has 0 saturated carbocycles. The van der Waals surface area contributed by atoms with Crippen LogP contribution >= 0.6 is 22.9 Å². The summed E-state index contributed by atoms with van der Waals surface area (Å²) in [6, 6.07) is 16.6. The van der Waals surface area contributed by atoms with Gasteiger partial charge in [-0.15, -0.1) is 11.3 Å². The standard InChI is InChI=1S/C21H15ClN2O3S/c22-21-16-3-1-2-4-17(16)28-18(21)9-10-20(26)27-13-19(25)24-15-7-5-14(6-8-15)11-12-23/h1-10H,11,13H2,(H,24,25)/b10-9+. The highest BCUT2D eigenvalue weighted by Crippen LogP contribution is 2.35. The average molecular weight is 411 g/mol. The molecule has 1 heterocycles. The van der Waals surface area contributed by atoms with E-state index in [1.807, 2.05) is 24.3 Å². The Kier molecular flexibility index (Phi) is 6.43. The lowest BCUT2D eigenvalue weighted by Gasteiger charge is -2.05. The van der Waals surface area contributed by atoms with Crippen molar-refractivity contribution in [1.29, 1.82) is 5.26 Å². The molecule has 0 saturated heterocycles. The highest BCUT2D eigenvalue weighted by molar-refractivity contribution is 7.20. The number of ether oxygens (including phenoxy) is 1. The molecule has 1 aromatic heterocycles. The molecule has 0 aliphatic carbocycles. The zero-order valence-electron chi connectivity index (χ0n) is 14.6. The topological polar surface area (TPSA) is 79.2 Å². The molecule has 0 bridgehead atoms. The third-order valence-electron chi connectivity index (χ3n) is 3.80. The molecule has 1 amide bonds. The number of nitrogens with one attached hydrogen (secondary N) is 1. The van der Waals surface area contributed by atoms with Gasteiger partial charge in [0.2, 0.25) is 0 Å². The van der Waals surface area contributed by atoms with Crippen LogP contribution in [0.1, 0.15) is 10.4 Å². The Morgan fingerprint density at radius 2 is 1.93 bits per heavy atom. The van der Waals surface area contributed by atoms with E-state index in [9.17, 15) is 9.59 Å². The first-order valence-corrected chi connectivity index (χ1v) is 9.54. The Morgan fingerprint density at radius 3 is 2.64 bits per heavy atom. The predicted octanol–water partition coefficient (Wildman–Crippen LogP) is 4.82. The molecule has 1 N–H and O–H groups in total. The molecule has 0 spiro atoms. The highest BCUT2D eigenvalue weighted by atomic mass is 35.5. The number of anilines is 1. The lowest BCUT2D eigenvalue weighted by molar-refractivity contribution is -0.142. The Balaban J connectivity index is 1.51. The van der Waals surface area contributed by atoms with Gasteiger partial charge in [0, 0.05) is 26.7 Å². The summed E-state index contributed by atoms with van der Waals surface area (Å²) in [6.07, 6.45) is 3.14. The Labute approximate surface area is 170 Å². The molecule has 7 heteroatoms. The number of fused-ring (bicyclic) bond motifs is 1. The van der Waals surface area contributed by atoms with E-state index in [4.69, 9.17) is 21.6 Å². The van der Waals surface area contributed by atoms with Gasteiger partial charge in [-0.25, -0.2) is 4.79 Å². The summed E-state index contributed by atoms with van der Waals surface area (Å²) in [5.74, 6) is -1.08. The fourth-order valence-corrected chi connectivity index (χ4v) is 3.86. The molecule has 0 radical (unpaired) electrons. The van der Waals surface area contributed by atoms with Crippen molar-refractivity contribution in [2.24, 2.45) is 0 Å². The number of rotatable bonds is 6. The van der Waals surface area contributed by atoms with E-state index in [-0.39, 0.29) is 0 Å². The second kappa shape index (κ2) is 9.18. The largest absolute Gasteiger partial charge is 0.452 e. The smallest absolute Gasteiger partial charge is 0.331 e. The predicted molar refractivity (Wildman–Crippen MR) is 111 cm³/mol. The monoisotopic (exact) mass is 410 g/mol. The Hall–Kier alpha value is -3.14. The molecule has 2 aromatic carbocycles. The highest BCUT2D eigenvalue weighted by Gasteiger charge is 2.09. The van der Waals surface area contributed by atoms with Crippen LogP contribution in [-0.2, 0) is 20.7 Å². The molecule has 28 heavy (non-hydrogen) atoms. The fraction of sp³-hybridized carbons (Fsp3) is 0.0952. The number of amides is 1. The van der Waals surface area contributed by atoms with Crippen LogP contribution in [0.4, 0.5) is 5.69 Å². The van der Waals surface area contributed by atoms with Crippen molar-refractivity contribution >= 4 is 56.7 Å². The van der Waals surface area contributed by atoms with E-state index < -0.39 is 18.5 Å². The lowest BCUT2D eigenvalue weighted by atomic mass is 10.1. The Morgan fingerprint density at radius 1 is 1.18 bits per heavy atom. The van der Waals surface area contributed by atoms with Crippen LogP contribution in [0.15, 0.2) is 54.6 Å². The number of esters is 1. The number of nitrogens with zero attached hydrogens (tertiary/aromatic N) is 1. The Bertz CT molecular complexity index is 1080. The van der Waals surface area contributed by atoms with E-state index >= 15 is 0 Å². The number of nitriles is 1. The molecule has 0 unspecified atom stereocenters. The molecule has 3 aromatic rings. The van der Waals surface area contributed by atoms with Crippen molar-refractivity contribution in [3.05, 3.63) is 70.1 Å². The van der Waals surface area contributed by atoms with Crippen molar-refractivity contribution in [2.45, 2.75) is 6.42 Å². The normalized spacial score (nSPS) is 10.7. The molecule has 5 nitrogen and oxygen atoms in total. The molecule has 140 valence electrons. The van der Waals surface area contributed by atoms with Gasteiger partial charge < -0.3 is 10.1 Å². The van der Waals surface area contributed by atoms with Gasteiger partial charge in [0.05, 0.1) is 17.5 Å². The minimum Gasteiger partial charge on any atom is -0.452 e. The van der Waals surface area contributed by atoms with Crippen molar-refractivity contribution < 1.29 is 14.3 Å². The third kappa shape index (κ3) is 4.97. The quantitative estimate of drug-likeness (QED) is 0.467. The first kappa shape index (κ1) is 19.6. The average Bonchev–Trinajstić information content (AvgIpc) is 3.02. The number of benzene rings is 2. The van der Waals surface area contributed by atoms with E-state index in [2.05, 4.69) is 11.4 Å². The maximum atomic E-state index is 11.9. The van der Waals surface area contributed by atoms with Crippen LogP contribution in [0, 0.1) is 11.3 Å². The van der Waals surface area contributed by atoms with Crippen molar-refractivity contribution in [1.82, 2.24) is 0 Å². The van der Waals surface area contributed by atoms with E-state index in [0.717, 1.165) is 20.5 Å². The van der Waals surface area contributed by atoms with Crippen LogP contribution in [0.3, 0.4) is 0 Å². The SMILES string of the molecule is N#CCc1ccc(NC(=O)COC(=O)/C=C/c2sc3ccccc3c2Cl)cc1. The second-order valence-corrected chi connectivity index (χ2v) is 7.26.